The molecular weight excluding hydrogens is 380 g/mol. The number of ether oxygens (including phenoxy) is 1. The Morgan fingerprint density at radius 1 is 1.17 bits per heavy atom. The van der Waals surface area contributed by atoms with E-state index in [4.69, 9.17) is 9.26 Å². The smallest absolute Gasteiger partial charge is 0.227 e. The van der Waals surface area contributed by atoms with Crippen LogP contribution >= 0.6 is 0 Å². The van der Waals surface area contributed by atoms with Crippen molar-refractivity contribution < 1.29 is 14.1 Å². The fourth-order valence-corrected chi connectivity index (χ4v) is 4.12. The summed E-state index contributed by atoms with van der Waals surface area (Å²) in [5.74, 6) is 1.75. The van der Waals surface area contributed by atoms with Gasteiger partial charge in [0, 0.05) is 57.7 Å². The molecule has 1 aromatic heterocycles. The number of amides is 1. The highest BCUT2D eigenvalue weighted by Crippen LogP contribution is 2.21. The second-order valence-corrected chi connectivity index (χ2v) is 8.60. The Kier molecular flexibility index (Phi) is 6.79. The number of aromatic nitrogens is 2. The number of carbonyl (C=O) groups is 1. The van der Waals surface area contributed by atoms with E-state index in [-0.39, 0.29) is 5.91 Å². The number of rotatable bonds is 7. The molecule has 0 saturated carbocycles. The average molecular weight is 413 g/mol. The molecular formula is C23H32N4O3. The molecule has 1 unspecified atom stereocenters. The van der Waals surface area contributed by atoms with Crippen LogP contribution in [0.5, 0.6) is 0 Å². The third kappa shape index (κ3) is 5.26. The standard InChI is InChI=1S/C23H32N4O3/c1-17(2)18-5-7-19(8-6-18)23-24-21(30-25-23)9-10-22(28)27-13-11-26(12-14-27)16-20-4-3-15-29-20/h5-8,17,20H,3-4,9-16H2,1-2H3. The van der Waals surface area contributed by atoms with Gasteiger partial charge in [0.05, 0.1) is 6.10 Å². The van der Waals surface area contributed by atoms with Crippen molar-refractivity contribution in [3.8, 4) is 11.4 Å². The van der Waals surface area contributed by atoms with E-state index >= 15 is 0 Å². The second kappa shape index (κ2) is 9.71. The first-order chi connectivity index (χ1) is 14.6. The molecule has 7 heteroatoms. The number of aryl methyl sites for hydroxylation is 1. The minimum Gasteiger partial charge on any atom is -0.377 e. The maximum absolute atomic E-state index is 12.6. The van der Waals surface area contributed by atoms with Crippen LogP contribution in [0.15, 0.2) is 28.8 Å². The van der Waals surface area contributed by atoms with Crippen molar-refractivity contribution in [1.29, 1.82) is 0 Å². The van der Waals surface area contributed by atoms with Crippen LogP contribution in [0.4, 0.5) is 0 Å². The lowest BCUT2D eigenvalue weighted by Gasteiger charge is -2.35. The van der Waals surface area contributed by atoms with Gasteiger partial charge in [-0.25, -0.2) is 0 Å². The van der Waals surface area contributed by atoms with Crippen molar-refractivity contribution in [3.05, 3.63) is 35.7 Å². The summed E-state index contributed by atoms with van der Waals surface area (Å²) in [6.45, 7) is 9.62. The second-order valence-electron chi connectivity index (χ2n) is 8.60. The number of hydrogen-bond acceptors (Lipinski definition) is 6. The Hall–Kier alpha value is -2.25. The van der Waals surface area contributed by atoms with Crippen LogP contribution in [0.3, 0.4) is 0 Å². The molecule has 1 aromatic carbocycles. The first-order valence-corrected chi connectivity index (χ1v) is 11.1. The number of nitrogens with zero attached hydrogens (tertiary/aromatic N) is 4. The Morgan fingerprint density at radius 2 is 1.93 bits per heavy atom. The normalized spacial score (nSPS) is 20.2. The van der Waals surface area contributed by atoms with Crippen LogP contribution in [0, 0.1) is 0 Å². The van der Waals surface area contributed by atoms with E-state index in [0.717, 1.165) is 51.3 Å². The van der Waals surface area contributed by atoms with Crippen molar-refractivity contribution in [2.24, 2.45) is 0 Å². The van der Waals surface area contributed by atoms with Crippen LogP contribution in [0.1, 0.15) is 50.5 Å². The minimum atomic E-state index is 0.160. The van der Waals surface area contributed by atoms with E-state index in [1.165, 1.54) is 12.0 Å². The molecule has 0 bridgehead atoms. The first-order valence-electron chi connectivity index (χ1n) is 11.1. The zero-order chi connectivity index (χ0) is 20.9. The summed E-state index contributed by atoms with van der Waals surface area (Å²) >= 11 is 0. The van der Waals surface area contributed by atoms with E-state index < -0.39 is 0 Å². The van der Waals surface area contributed by atoms with Crippen molar-refractivity contribution in [3.63, 3.8) is 0 Å². The predicted molar refractivity (Wildman–Crippen MR) is 114 cm³/mol. The van der Waals surface area contributed by atoms with E-state index in [0.29, 0.717) is 36.6 Å². The zero-order valence-corrected chi connectivity index (χ0v) is 18.0. The maximum atomic E-state index is 12.6. The lowest BCUT2D eigenvalue weighted by atomic mass is 10.0. The molecule has 1 atom stereocenters. The lowest BCUT2D eigenvalue weighted by Crippen LogP contribution is -2.50. The molecule has 2 aliphatic heterocycles. The highest BCUT2D eigenvalue weighted by molar-refractivity contribution is 5.76. The minimum absolute atomic E-state index is 0.160. The lowest BCUT2D eigenvalue weighted by molar-refractivity contribution is -0.133. The fourth-order valence-electron chi connectivity index (χ4n) is 4.12. The van der Waals surface area contributed by atoms with Crippen LogP contribution < -0.4 is 0 Å². The van der Waals surface area contributed by atoms with Crippen molar-refractivity contribution in [2.75, 3.05) is 39.3 Å². The molecule has 2 aromatic rings. The van der Waals surface area contributed by atoms with Gasteiger partial charge >= 0.3 is 0 Å². The molecule has 7 nitrogen and oxygen atoms in total. The van der Waals surface area contributed by atoms with Gasteiger partial charge in [-0.05, 0) is 24.3 Å². The molecule has 30 heavy (non-hydrogen) atoms. The SMILES string of the molecule is CC(C)c1ccc(-c2noc(CCC(=O)N3CCN(CC4CCCO4)CC3)n2)cc1. The Bertz CT molecular complexity index is 819. The van der Waals surface area contributed by atoms with Gasteiger partial charge in [-0.2, -0.15) is 4.98 Å². The monoisotopic (exact) mass is 412 g/mol. The molecule has 2 aliphatic rings. The number of benzene rings is 1. The summed E-state index contributed by atoms with van der Waals surface area (Å²) in [6, 6.07) is 8.23. The predicted octanol–water partition coefficient (Wildman–Crippen LogP) is 3.12. The zero-order valence-electron chi connectivity index (χ0n) is 18.0. The number of carbonyl (C=O) groups excluding carboxylic acids is 1. The van der Waals surface area contributed by atoms with Gasteiger partial charge in [-0.15, -0.1) is 0 Å². The van der Waals surface area contributed by atoms with E-state index in [2.05, 4.69) is 41.0 Å². The molecule has 1 amide bonds. The van der Waals surface area contributed by atoms with E-state index in [1.807, 2.05) is 17.0 Å². The molecule has 0 aliphatic carbocycles. The largest absolute Gasteiger partial charge is 0.377 e. The maximum Gasteiger partial charge on any atom is 0.227 e. The van der Waals surface area contributed by atoms with Crippen LogP contribution in [0.25, 0.3) is 11.4 Å². The molecule has 2 saturated heterocycles. The number of piperazine rings is 1. The summed E-state index contributed by atoms with van der Waals surface area (Å²) in [5, 5.41) is 4.08. The molecule has 0 radical (unpaired) electrons. The van der Waals surface area contributed by atoms with Gasteiger partial charge in [0.1, 0.15) is 0 Å². The first kappa shape index (κ1) is 21.0. The third-order valence-electron chi connectivity index (χ3n) is 6.07. The van der Waals surface area contributed by atoms with Crippen molar-refractivity contribution in [1.82, 2.24) is 19.9 Å². The summed E-state index contributed by atoms with van der Waals surface area (Å²) in [6.07, 6.45) is 3.59. The summed E-state index contributed by atoms with van der Waals surface area (Å²) in [7, 11) is 0. The van der Waals surface area contributed by atoms with Crippen molar-refractivity contribution in [2.45, 2.75) is 51.6 Å². The molecule has 0 spiro atoms. The molecule has 4 rings (SSSR count). The van der Waals surface area contributed by atoms with Gasteiger partial charge in [0.25, 0.3) is 0 Å². The van der Waals surface area contributed by atoms with Crippen LogP contribution in [0.2, 0.25) is 0 Å². The van der Waals surface area contributed by atoms with Crippen LogP contribution in [-0.4, -0.2) is 71.3 Å². The highest BCUT2D eigenvalue weighted by atomic mass is 16.5. The Balaban J connectivity index is 1.22. The van der Waals surface area contributed by atoms with Gasteiger partial charge < -0.3 is 14.2 Å². The Morgan fingerprint density at radius 3 is 2.60 bits per heavy atom. The summed E-state index contributed by atoms with van der Waals surface area (Å²) in [4.78, 5) is 21.4. The molecule has 0 N–H and O–H groups in total. The number of hydrogen-bond donors (Lipinski definition) is 0. The van der Waals surface area contributed by atoms with Gasteiger partial charge in [0.2, 0.25) is 17.6 Å². The summed E-state index contributed by atoms with van der Waals surface area (Å²) in [5.41, 5.74) is 2.21. The highest BCUT2D eigenvalue weighted by Gasteiger charge is 2.25. The average Bonchev–Trinajstić information content (AvgIpc) is 3.45. The van der Waals surface area contributed by atoms with Gasteiger partial charge in [-0.3, -0.25) is 9.69 Å². The quantitative estimate of drug-likeness (QED) is 0.696. The summed E-state index contributed by atoms with van der Waals surface area (Å²) < 4.78 is 11.1. The molecule has 3 heterocycles. The topological polar surface area (TPSA) is 71.7 Å². The molecule has 162 valence electrons. The third-order valence-corrected chi connectivity index (χ3v) is 6.07. The van der Waals surface area contributed by atoms with Crippen LogP contribution in [-0.2, 0) is 16.0 Å². The Labute approximate surface area is 178 Å². The van der Waals surface area contributed by atoms with Crippen molar-refractivity contribution >= 4 is 5.91 Å². The van der Waals surface area contributed by atoms with Gasteiger partial charge in [0.15, 0.2) is 0 Å². The molecule has 2 fully saturated rings. The van der Waals surface area contributed by atoms with E-state index in [9.17, 15) is 4.79 Å². The van der Waals surface area contributed by atoms with E-state index in [1.54, 1.807) is 0 Å². The fraction of sp³-hybridized carbons (Fsp3) is 0.609. The van der Waals surface area contributed by atoms with Gasteiger partial charge in [-0.1, -0.05) is 43.3 Å².